The predicted molar refractivity (Wildman–Crippen MR) is 95.8 cm³/mol. The summed E-state index contributed by atoms with van der Waals surface area (Å²) >= 11 is 0. The van der Waals surface area contributed by atoms with Crippen molar-refractivity contribution in [1.29, 1.82) is 0 Å². The largest absolute Gasteiger partial charge is 0.459 e. The van der Waals surface area contributed by atoms with Crippen molar-refractivity contribution < 1.29 is 14.3 Å². The Hall–Kier alpha value is -1.88. The van der Waals surface area contributed by atoms with Crippen LogP contribution >= 0.6 is 0 Å². The van der Waals surface area contributed by atoms with Gasteiger partial charge in [0.1, 0.15) is 12.1 Å². The van der Waals surface area contributed by atoms with Crippen molar-refractivity contribution in [3.05, 3.63) is 35.9 Å². The summed E-state index contributed by atoms with van der Waals surface area (Å²) in [7, 11) is 0. The molecule has 2 saturated heterocycles. The number of rotatable bonds is 4. The fourth-order valence-corrected chi connectivity index (χ4v) is 3.82. The van der Waals surface area contributed by atoms with Crippen molar-refractivity contribution in [2.75, 3.05) is 13.1 Å². The number of piperidine rings is 2. The minimum Gasteiger partial charge on any atom is -0.459 e. The molecule has 2 fully saturated rings. The molecule has 0 aromatic heterocycles. The lowest BCUT2D eigenvalue weighted by Crippen LogP contribution is -2.62. The number of benzene rings is 1. The van der Waals surface area contributed by atoms with E-state index < -0.39 is 5.54 Å². The molecule has 1 N–H and O–H groups in total. The number of hydrogen-bond acceptors (Lipinski definition) is 4. The zero-order valence-corrected chi connectivity index (χ0v) is 15.0. The molecule has 25 heavy (non-hydrogen) atoms. The normalized spacial score (nSPS) is 26.9. The first-order chi connectivity index (χ1) is 12.1. The van der Waals surface area contributed by atoms with Crippen LogP contribution < -0.4 is 5.32 Å². The standard InChI is InChI=1S/C20H28N2O3/c1-20(19(24)25-15-16-9-3-2-4-10-16)12-6-8-14-22(20)18(23)17-11-5-7-13-21-17/h2-4,9-10,17,21H,5-8,11-15H2,1H3. The van der Waals surface area contributed by atoms with Crippen LogP contribution in [0.15, 0.2) is 30.3 Å². The zero-order valence-electron chi connectivity index (χ0n) is 15.0. The van der Waals surface area contributed by atoms with Gasteiger partial charge in [0, 0.05) is 6.54 Å². The number of hydrogen-bond donors (Lipinski definition) is 1. The van der Waals surface area contributed by atoms with Crippen molar-refractivity contribution >= 4 is 11.9 Å². The first-order valence-electron chi connectivity index (χ1n) is 9.37. The van der Waals surface area contributed by atoms with Gasteiger partial charge >= 0.3 is 5.97 Å². The summed E-state index contributed by atoms with van der Waals surface area (Å²) in [5.74, 6) is -0.237. The number of likely N-dealkylation sites (tertiary alicyclic amines) is 1. The van der Waals surface area contributed by atoms with Crippen molar-refractivity contribution in [2.24, 2.45) is 0 Å². The molecule has 1 aromatic carbocycles. The van der Waals surface area contributed by atoms with E-state index in [1.807, 2.05) is 37.3 Å². The van der Waals surface area contributed by atoms with Gasteiger partial charge in [0.05, 0.1) is 6.04 Å². The van der Waals surface area contributed by atoms with Crippen LogP contribution in [0.1, 0.15) is 51.0 Å². The fraction of sp³-hybridized carbons (Fsp3) is 0.600. The van der Waals surface area contributed by atoms with Gasteiger partial charge in [0.2, 0.25) is 5.91 Å². The van der Waals surface area contributed by atoms with Crippen LogP contribution in [-0.4, -0.2) is 41.4 Å². The molecule has 1 amide bonds. The van der Waals surface area contributed by atoms with Crippen LogP contribution in [-0.2, 0) is 20.9 Å². The Morgan fingerprint density at radius 2 is 2.00 bits per heavy atom. The molecule has 5 nitrogen and oxygen atoms in total. The Morgan fingerprint density at radius 3 is 2.72 bits per heavy atom. The Balaban J connectivity index is 1.68. The molecule has 0 aliphatic carbocycles. The van der Waals surface area contributed by atoms with E-state index in [1.54, 1.807) is 4.90 Å². The smallest absolute Gasteiger partial charge is 0.332 e. The molecule has 0 saturated carbocycles. The molecular weight excluding hydrogens is 316 g/mol. The van der Waals surface area contributed by atoms with E-state index >= 15 is 0 Å². The first kappa shape index (κ1) is 17.9. The maximum Gasteiger partial charge on any atom is 0.332 e. The van der Waals surface area contributed by atoms with Gasteiger partial charge in [-0.05, 0) is 51.1 Å². The highest BCUT2D eigenvalue weighted by atomic mass is 16.5. The third-order valence-corrected chi connectivity index (χ3v) is 5.42. The number of ether oxygens (including phenoxy) is 1. The van der Waals surface area contributed by atoms with Crippen LogP contribution in [0.3, 0.4) is 0 Å². The molecule has 3 rings (SSSR count). The number of esters is 1. The third-order valence-electron chi connectivity index (χ3n) is 5.42. The monoisotopic (exact) mass is 344 g/mol. The van der Waals surface area contributed by atoms with E-state index in [2.05, 4.69) is 5.32 Å². The number of amides is 1. The highest BCUT2D eigenvalue weighted by molar-refractivity contribution is 5.90. The molecule has 136 valence electrons. The lowest BCUT2D eigenvalue weighted by Gasteiger charge is -2.44. The topological polar surface area (TPSA) is 58.6 Å². The summed E-state index contributed by atoms with van der Waals surface area (Å²) in [4.78, 5) is 27.6. The summed E-state index contributed by atoms with van der Waals surface area (Å²) < 4.78 is 5.59. The SMILES string of the molecule is CC1(C(=O)OCc2ccccc2)CCCCN1C(=O)C1CCCCN1. The van der Waals surface area contributed by atoms with Gasteiger partial charge in [-0.15, -0.1) is 0 Å². The Bertz CT molecular complexity index is 598. The molecule has 5 heteroatoms. The molecule has 2 aliphatic rings. The lowest BCUT2D eigenvalue weighted by atomic mass is 9.87. The highest BCUT2D eigenvalue weighted by Crippen LogP contribution is 2.31. The summed E-state index contributed by atoms with van der Waals surface area (Å²) in [6.45, 7) is 3.62. The summed E-state index contributed by atoms with van der Waals surface area (Å²) in [6.07, 6.45) is 5.58. The summed E-state index contributed by atoms with van der Waals surface area (Å²) in [5, 5.41) is 3.31. The van der Waals surface area contributed by atoms with Crippen molar-refractivity contribution in [2.45, 2.75) is 63.6 Å². The predicted octanol–water partition coefficient (Wildman–Crippen LogP) is 2.64. The Kier molecular flexibility index (Phi) is 5.74. The molecule has 2 aliphatic heterocycles. The average Bonchev–Trinajstić information content (AvgIpc) is 2.67. The molecule has 2 atom stereocenters. The number of carbonyl (C=O) groups is 2. The molecule has 2 heterocycles. The van der Waals surface area contributed by atoms with Crippen LogP contribution in [0.4, 0.5) is 0 Å². The van der Waals surface area contributed by atoms with Gasteiger partial charge in [-0.1, -0.05) is 36.8 Å². The van der Waals surface area contributed by atoms with E-state index in [4.69, 9.17) is 4.74 Å². The van der Waals surface area contributed by atoms with Crippen LogP contribution in [0.2, 0.25) is 0 Å². The van der Waals surface area contributed by atoms with Crippen LogP contribution in [0.25, 0.3) is 0 Å². The number of nitrogens with one attached hydrogen (secondary N) is 1. The molecule has 0 radical (unpaired) electrons. The Labute approximate surface area is 149 Å². The van der Waals surface area contributed by atoms with Crippen LogP contribution in [0, 0.1) is 0 Å². The minimum absolute atomic E-state index is 0.0542. The second-order valence-corrected chi connectivity index (χ2v) is 7.29. The summed E-state index contributed by atoms with van der Waals surface area (Å²) in [6, 6.07) is 9.50. The lowest BCUT2D eigenvalue weighted by molar-refractivity contribution is -0.168. The van der Waals surface area contributed by atoms with E-state index in [9.17, 15) is 9.59 Å². The highest BCUT2D eigenvalue weighted by Gasteiger charge is 2.46. The van der Waals surface area contributed by atoms with Gasteiger partial charge in [-0.25, -0.2) is 4.79 Å². The first-order valence-corrected chi connectivity index (χ1v) is 9.37. The maximum atomic E-state index is 13.0. The van der Waals surface area contributed by atoms with E-state index in [1.165, 1.54) is 0 Å². The molecule has 2 unspecified atom stereocenters. The van der Waals surface area contributed by atoms with Gasteiger partial charge in [-0.3, -0.25) is 4.79 Å². The molecule has 0 spiro atoms. The van der Waals surface area contributed by atoms with E-state index in [0.29, 0.717) is 13.0 Å². The Morgan fingerprint density at radius 1 is 1.20 bits per heavy atom. The minimum atomic E-state index is -0.858. The van der Waals surface area contributed by atoms with Gasteiger partial charge < -0.3 is 15.0 Å². The number of nitrogens with zero attached hydrogens (tertiary/aromatic N) is 1. The summed E-state index contributed by atoms with van der Waals surface area (Å²) in [5.41, 5.74) is 0.102. The van der Waals surface area contributed by atoms with Gasteiger partial charge in [-0.2, -0.15) is 0 Å². The van der Waals surface area contributed by atoms with Crippen molar-refractivity contribution in [3.63, 3.8) is 0 Å². The van der Waals surface area contributed by atoms with Gasteiger partial charge in [0.25, 0.3) is 0 Å². The zero-order chi connectivity index (χ0) is 17.7. The van der Waals surface area contributed by atoms with E-state index in [0.717, 1.165) is 44.2 Å². The average molecular weight is 344 g/mol. The second kappa shape index (κ2) is 8.00. The van der Waals surface area contributed by atoms with Crippen molar-refractivity contribution in [1.82, 2.24) is 10.2 Å². The third kappa shape index (κ3) is 4.03. The quantitative estimate of drug-likeness (QED) is 0.853. The molecular formula is C20H28N2O3. The van der Waals surface area contributed by atoms with Crippen molar-refractivity contribution in [3.8, 4) is 0 Å². The molecule has 1 aromatic rings. The molecule has 0 bridgehead atoms. The van der Waals surface area contributed by atoms with Gasteiger partial charge in [0.15, 0.2) is 0 Å². The van der Waals surface area contributed by atoms with E-state index in [-0.39, 0.29) is 24.5 Å². The van der Waals surface area contributed by atoms with Crippen LogP contribution in [0.5, 0.6) is 0 Å². The maximum absolute atomic E-state index is 13.0. The number of carbonyl (C=O) groups excluding carboxylic acids is 2. The fourth-order valence-electron chi connectivity index (χ4n) is 3.82. The second-order valence-electron chi connectivity index (χ2n) is 7.29.